The number of hydrogen-bond acceptors (Lipinski definition) is 6. The number of carbonyl (C=O) groups is 2. The molecule has 2 N–H and O–H groups in total. The summed E-state index contributed by atoms with van der Waals surface area (Å²) in [5.41, 5.74) is 3.55. The molecule has 0 radical (unpaired) electrons. The van der Waals surface area contributed by atoms with Gasteiger partial charge >= 0.3 is 6.03 Å². The number of amides is 2. The van der Waals surface area contributed by atoms with Crippen molar-refractivity contribution in [1.29, 1.82) is 0 Å². The SMILES string of the molecule is O=C(Nc1ccc(C(=O)c2ccc3ncc(N4CCOCC4)nc3c2)cc1)Nc1cccc(Cl)c1. The quantitative estimate of drug-likeness (QED) is 0.385. The van der Waals surface area contributed by atoms with Crippen LogP contribution < -0.4 is 15.5 Å². The van der Waals surface area contributed by atoms with Crippen molar-refractivity contribution in [3.63, 3.8) is 0 Å². The van der Waals surface area contributed by atoms with Crippen molar-refractivity contribution >= 4 is 51.6 Å². The predicted molar refractivity (Wildman–Crippen MR) is 137 cm³/mol. The highest BCUT2D eigenvalue weighted by Gasteiger charge is 2.15. The molecule has 1 saturated heterocycles. The number of carbonyl (C=O) groups excluding carboxylic acids is 2. The first kappa shape index (κ1) is 22.8. The minimum atomic E-state index is -0.407. The monoisotopic (exact) mass is 487 g/mol. The van der Waals surface area contributed by atoms with Gasteiger partial charge in [0, 0.05) is 40.6 Å². The molecule has 4 aromatic rings. The van der Waals surface area contributed by atoms with E-state index in [2.05, 4.69) is 20.5 Å². The Morgan fingerprint density at radius 2 is 1.60 bits per heavy atom. The molecule has 2 heterocycles. The van der Waals surface area contributed by atoms with Crippen LogP contribution in [0.2, 0.25) is 5.02 Å². The maximum Gasteiger partial charge on any atom is 0.323 e. The normalized spacial score (nSPS) is 13.5. The lowest BCUT2D eigenvalue weighted by Crippen LogP contribution is -2.36. The number of benzene rings is 3. The van der Waals surface area contributed by atoms with Gasteiger partial charge < -0.3 is 20.3 Å². The van der Waals surface area contributed by atoms with Gasteiger partial charge in [-0.1, -0.05) is 17.7 Å². The molecule has 9 heteroatoms. The molecule has 176 valence electrons. The maximum atomic E-state index is 13.1. The lowest BCUT2D eigenvalue weighted by molar-refractivity contribution is 0.103. The number of rotatable bonds is 5. The number of ether oxygens (including phenoxy) is 1. The van der Waals surface area contributed by atoms with Crippen LogP contribution in [0.3, 0.4) is 0 Å². The van der Waals surface area contributed by atoms with E-state index in [1.165, 1.54) is 0 Å². The summed E-state index contributed by atoms with van der Waals surface area (Å²) in [4.78, 5) is 36.7. The highest BCUT2D eigenvalue weighted by atomic mass is 35.5. The number of hydrogen-bond donors (Lipinski definition) is 2. The zero-order valence-electron chi connectivity index (χ0n) is 18.7. The van der Waals surface area contributed by atoms with Crippen LogP contribution in [0.15, 0.2) is 72.9 Å². The van der Waals surface area contributed by atoms with E-state index < -0.39 is 6.03 Å². The van der Waals surface area contributed by atoms with Crippen LogP contribution in [0.5, 0.6) is 0 Å². The summed E-state index contributed by atoms with van der Waals surface area (Å²) < 4.78 is 5.40. The van der Waals surface area contributed by atoms with E-state index in [1.807, 2.05) is 0 Å². The molecule has 5 rings (SSSR count). The number of anilines is 3. The second-order valence-electron chi connectivity index (χ2n) is 8.03. The molecule has 1 aliphatic rings. The van der Waals surface area contributed by atoms with Gasteiger partial charge in [-0.3, -0.25) is 9.78 Å². The Labute approximate surface area is 206 Å². The second-order valence-corrected chi connectivity index (χ2v) is 8.46. The van der Waals surface area contributed by atoms with Gasteiger partial charge in [-0.25, -0.2) is 9.78 Å². The molecule has 8 nitrogen and oxygen atoms in total. The standard InChI is InChI=1S/C26H22ClN5O3/c27-19-2-1-3-21(15-19)30-26(34)29-20-7-4-17(5-8-20)25(33)18-6-9-22-23(14-18)31-24(16-28-22)32-10-12-35-13-11-32/h1-9,14-16H,10-13H2,(H2,29,30,34). The van der Waals surface area contributed by atoms with Crippen molar-refractivity contribution in [1.82, 2.24) is 9.97 Å². The number of urea groups is 1. The average molecular weight is 488 g/mol. The topological polar surface area (TPSA) is 96.5 Å². The van der Waals surface area contributed by atoms with Gasteiger partial charge in [0.15, 0.2) is 5.78 Å². The Morgan fingerprint density at radius 3 is 2.37 bits per heavy atom. The zero-order valence-corrected chi connectivity index (χ0v) is 19.5. The van der Waals surface area contributed by atoms with Gasteiger partial charge in [0.2, 0.25) is 0 Å². The molecule has 0 saturated carbocycles. The molecule has 0 aliphatic carbocycles. The third-order valence-electron chi connectivity index (χ3n) is 5.61. The summed E-state index contributed by atoms with van der Waals surface area (Å²) in [6.07, 6.45) is 1.75. The minimum absolute atomic E-state index is 0.139. The Hall–Kier alpha value is -4.01. The van der Waals surface area contributed by atoms with Crippen LogP contribution in [0, 0.1) is 0 Å². The Kier molecular flexibility index (Phi) is 6.56. The van der Waals surface area contributed by atoms with Crippen LogP contribution in [0.4, 0.5) is 22.0 Å². The molecule has 1 aromatic heterocycles. The van der Waals surface area contributed by atoms with E-state index in [1.54, 1.807) is 72.9 Å². The third-order valence-corrected chi connectivity index (χ3v) is 5.85. The van der Waals surface area contributed by atoms with E-state index in [4.69, 9.17) is 21.3 Å². The lowest BCUT2D eigenvalue weighted by atomic mass is 10.0. The number of nitrogens with zero attached hydrogens (tertiary/aromatic N) is 3. The molecule has 3 aromatic carbocycles. The van der Waals surface area contributed by atoms with Crippen LogP contribution in [0.25, 0.3) is 11.0 Å². The van der Waals surface area contributed by atoms with Crippen molar-refractivity contribution in [2.75, 3.05) is 41.8 Å². The van der Waals surface area contributed by atoms with E-state index in [0.717, 1.165) is 24.4 Å². The first-order valence-corrected chi connectivity index (χ1v) is 11.5. The number of aromatic nitrogens is 2. The third kappa shape index (κ3) is 5.40. The molecule has 0 atom stereocenters. The molecule has 0 unspecified atom stereocenters. The number of ketones is 1. The fraction of sp³-hybridized carbons (Fsp3) is 0.154. The maximum absolute atomic E-state index is 13.1. The van der Waals surface area contributed by atoms with Gasteiger partial charge in [-0.2, -0.15) is 0 Å². The van der Waals surface area contributed by atoms with Crippen LogP contribution >= 0.6 is 11.6 Å². The smallest absolute Gasteiger partial charge is 0.323 e. The van der Waals surface area contributed by atoms with Gasteiger partial charge in [0.1, 0.15) is 5.82 Å². The van der Waals surface area contributed by atoms with E-state index >= 15 is 0 Å². The largest absolute Gasteiger partial charge is 0.378 e. The summed E-state index contributed by atoms with van der Waals surface area (Å²) >= 11 is 5.94. The average Bonchev–Trinajstić information content (AvgIpc) is 2.88. The molecule has 0 spiro atoms. The summed E-state index contributed by atoms with van der Waals surface area (Å²) in [5.74, 6) is 0.636. The predicted octanol–water partition coefficient (Wildman–Crippen LogP) is 4.99. The van der Waals surface area contributed by atoms with E-state index in [0.29, 0.717) is 46.3 Å². The summed E-state index contributed by atoms with van der Waals surface area (Å²) in [5, 5.41) is 5.99. The van der Waals surface area contributed by atoms with Gasteiger partial charge in [-0.05, 0) is 60.7 Å². The lowest BCUT2D eigenvalue weighted by Gasteiger charge is -2.27. The number of morpholine rings is 1. The Balaban J connectivity index is 1.28. The van der Waals surface area contributed by atoms with Gasteiger partial charge in [-0.15, -0.1) is 0 Å². The molecule has 35 heavy (non-hydrogen) atoms. The molecule has 1 aliphatic heterocycles. The van der Waals surface area contributed by atoms with Crippen molar-refractivity contribution in [3.05, 3.63) is 89.1 Å². The van der Waals surface area contributed by atoms with Crippen LogP contribution in [0.1, 0.15) is 15.9 Å². The summed E-state index contributed by atoms with van der Waals surface area (Å²) in [6, 6.07) is 18.5. The fourth-order valence-electron chi connectivity index (χ4n) is 3.82. The summed E-state index contributed by atoms with van der Waals surface area (Å²) in [6.45, 7) is 2.84. The van der Waals surface area contributed by atoms with E-state index in [-0.39, 0.29) is 5.78 Å². The first-order valence-electron chi connectivity index (χ1n) is 11.1. The van der Waals surface area contributed by atoms with Crippen molar-refractivity contribution < 1.29 is 14.3 Å². The first-order chi connectivity index (χ1) is 17.0. The molecule has 0 bridgehead atoms. The zero-order chi connectivity index (χ0) is 24.2. The Bertz CT molecular complexity index is 1390. The Morgan fingerprint density at radius 1 is 0.857 bits per heavy atom. The molecule has 2 amide bonds. The number of nitrogens with one attached hydrogen (secondary N) is 2. The summed E-state index contributed by atoms with van der Waals surface area (Å²) in [7, 11) is 0. The van der Waals surface area contributed by atoms with Crippen molar-refractivity contribution in [2.45, 2.75) is 0 Å². The number of halogens is 1. The highest BCUT2D eigenvalue weighted by Crippen LogP contribution is 2.21. The van der Waals surface area contributed by atoms with E-state index in [9.17, 15) is 9.59 Å². The molecule has 1 fully saturated rings. The van der Waals surface area contributed by atoms with Crippen molar-refractivity contribution in [3.8, 4) is 0 Å². The minimum Gasteiger partial charge on any atom is -0.378 e. The second kappa shape index (κ2) is 10.1. The number of fused-ring (bicyclic) bond motifs is 1. The van der Waals surface area contributed by atoms with Crippen LogP contribution in [-0.2, 0) is 4.74 Å². The van der Waals surface area contributed by atoms with Crippen molar-refractivity contribution in [2.24, 2.45) is 0 Å². The van der Waals surface area contributed by atoms with Crippen LogP contribution in [-0.4, -0.2) is 48.1 Å². The highest BCUT2D eigenvalue weighted by molar-refractivity contribution is 6.30. The molecular weight excluding hydrogens is 466 g/mol. The fourth-order valence-corrected chi connectivity index (χ4v) is 4.01. The van der Waals surface area contributed by atoms with Gasteiger partial charge in [0.05, 0.1) is 30.4 Å². The van der Waals surface area contributed by atoms with Gasteiger partial charge in [0.25, 0.3) is 0 Å². The molecular formula is C26H22ClN5O3.